The van der Waals surface area contributed by atoms with Gasteiger partial charge in [-0.3, -0.25) is 9.69 Å². The third-order valence-electron chi connectivity index (χ3n) is 7.28. The zero-order valence-corrected chi connectivity index (χ0v) is 22.5. The number of amides is 3. The Morgan fingerprint density at radius 3 is 2.28 bits per heavy atom. The molecule has 7 heteroatoms. The van der Waals surface area contributed by atoms with Gasteiger partial charge in [-0.15, -0.1) is 0 Å². The van der Waals surface area contributed by atoms with E-state index >= 15 is 0 Å². The number of benzene rings is 3. The predicted octanol–water partition coefficient (Wildman–Crippen LogP) is 7.00. The fourth-order valence-corrected chi connectivity index (χ4v) is 5.26. The predicted molar refractivity (Wildman–Crippen MR) is 153 cm³/mol. The highest BCUT2D eigenvalue weighted by molar-refractivity contribution is 6.01. The van der Waals surface area contributed by atoms with E-state index in [1.807, 2.05) is 74.6 Å². The van der Waals surface area contributed by atoms with Gasteiger partial charge in [-0.05, 0) is 73.4 Å². The smallest absolute Gasteiger partial charge is 0.316 e. The summed E-state index contributed by atoms with van der Waals surface area (Å²) in [4.78, 5) is 31.1. The summed E-state index contributed by atoms with van der Waals surface area (Å²) in [6, 6.07) is 23.0. The Morgan fingerprint density at radius 1 is 0.897 bits per heavy atom. The molecule has 0 fully saturated rings. The molecular formula is C32H33FN4O2. The highest BCUT2D eigenvalue weighted by Gasteiger charge is 2.37. The SMILES string of the molecule is CCCCN(CC(=O)N1c2ccccc2-n2cccc2C1c1ccc(F)cc1)C(=O)Nc1c(C)cccc1C. The Hall–Kier alpha value is -4.39. The quantitative estimate of drug-likeness (QED) is 0.283. The summed E-state index contributed by atoms with van der Waals surface area (Å²) in [5, 5.41) is 3.05. The molecule has 0 aliphatic carbocycles. The molecule has 1 N–H and O–H groups in total. The lowest BCUT2D eigenvalue weighted by Gasteiger charge is -2.39. The van der Waals surface area contributed by atoms with Gasteiger partial charge in [0.2, 0.25) is 5.91 Å². The van der Waals surface area contributed by atoms with Crippen LogP contribution in [0.25, 0.3) is 5.69 Å². The maximum atomic E-state index is 14.2. The molecule has 39 heavy (non-hydrogen) atoms. The van der Waals surface area contributed by atoms with E-state index < -0.39 is 6.04 Å². The second-order valence-corrected chi connectivity index (χ2v) is 9.98. The lowest BCUT2D eigenvalue weighted by Crippen LogP contribution is -2.48. The van der Waals surface area contributed by atoms with Gasteiger partial charge in [0.05, 0.1) is 17.1 Å². The van der Waals surface area contributed by atoms with Crippen LogP contribution in [0.1, 0.15) is 48.2 Å². The average molecular weight is 525 g/mol. The standard InChI is InChI=1S/C32H33FN4O2/c1-4-5-19-35(32(39)34-30-22(2)10-8-11-23(30)3)21-29(38)37-27-13-7-6-12-26(27)36-20-9-14-28(36)31(37)24-15-17-25(33)18-16-24/h6-18,20,31H,4-5,19,21H2,1-3H3,(H,34,39). The normalized spacial score (nSPS) is 13.9. The molecule has 1 atom stereocenters. The zero-order valence-electron chi connectivity index (χ0n) is 22.5. The number of fused-ring (bicyclic) bond motifs is 3. The number of hydrogen-bond donors (Lipinski definition) is 1. The van der Waals surface area contributed by atoms with Crippen LogP contribution in [0.2, 0.25) is 0 Å². The number of nitrogens with one attached hydrogen (secondary N) is 1. The number of urea groups is 1. The molecule has 1 aliphatic heterocycles. The van der Waals surface area contributed by atoms with E-state index in [4.69, 9.17) is 0 Å². The number of para-hydroxylation sites is 3. The third-order valence-corrected chi connectivity index (χ3v) is 7.28. The van der Waals surface area contributed by atoms with Crippen LogP contribution in [-0.2, 0) is 4.79 Å². The minimum absolute atomic E-state index is 0.0938. The minimum atomic E-state index is -0.474. The van der Waals surface area contributed by atoms with Gasteiger partial charge in [-0.1, -0.05) is 55.8 Å². The molecule has 1 aliphatic rings. The largest absolute Gasteiger partial charge is 0.322 e. The summed E-state index contributed by atoms with van der Waals surface area (Å²) < 4.78 is 15.9. The van der Waals surface area contributed by atoms with Crippen LogP contribution in [0.15, 0.2) is 85.1 Å². The molecule has 0 saturated heterocycles. The van der Waals surface area contributed by atoms with Crippen molar-refractivity contribution in [3.8, 4) is 5.69 Å². The van der Waals surface area contributed by atoms with Gasteiger partial charge in [0.15, 0.2) is 0 Å². The first-order chi connectivity index (χ1) is 18.9. The lowest BCUT2D eigenvalue weighted by atomic mass is 9.97. The average Bonchev–Trinajstić information content (AvgIpc) is 3.43. The van der Waals surface area contributed by atoms with E-state index in [2.05, 4.69) is 16.8 Å². The summed E-state index contributed by atoms with van der Waals surface area (Å²) in [6.45, 7) is 6.33. The van der Waals surface area contributed by atoms with Crippen LogP contribution in [0.5, 0.6) is 0 Å². The Kier molecular flexibility index (Phi) is 7.50. The van der Waals surface area contributed by atoms with Gasteiger partial charge in [-0.25, -0.2) is 9.18 Å². The van der Waals surface area contributed by atoms with Crippen LogP contribution >= 0.6 is 0 Å². The summed E-state index contributed by atoms with van der Waals surface area (Å²) in [6.07, 6.45) is 3.63. The highest BCUT2D eigenvalue weighted by Crippen LogP contribution is 2.42. The van der Waals surface area contributed by atoms with Crippen molar-refractivity contribution in [2.45, 2.75) is 39.7 Å². The van der Waals surface area contributed by atoms with E-state index in [1.54, 1.807) is 21.9 Å². The summed E-state index contributed by atoms with van der Waals surface area (Å²) in [5.74, 6) is -0.547. The molecule has 0 radical (unpaired) electrons. The van der Waals surface area contributed by atoms with Crippen molar-refractivity contribution in [2.75, 3.05) is 23.3 Å². The van der Waals surface area contributed by atoms with Gasteiger partial charge in [0.25, 0.3) is 0 Å². The summed E-state index contributed by atoms with van der Waals surface area (Å²) >= 11 is 0. The van der Waals surface area contributed by atoms with Crippen molar-refractivity contribution in [3.05, 3.63) is 113 Å². The molecule has 0 spiro atoms. The number of aryl methyl sites for hydroxylation is 2. The number of carbonyl (C=O) groups excluding carboxylic acids is 2. The van der Waals surface area contributed by atoms with Crippen LogP contribution in [0.4, 0.5) is 20.6 Å². The number of anilines is 2. The summed E-state index contributed by atoms with van der Waals surface area (Å²) in [5.41, 5.74) is 6.00. The molecule has 2 heterocycles. The Balaban J connectivity index is 1.51. The van der Waals surface area contributed by atoms with Crippen molar-refractivity contribution in [1.29, 1.82) is 0 Å². The van der Waals surface area contributed by atoms with Gasteiger partial charge >= 0.3 is 6.03 Å². The Morgan fingerprint density at radius 2 is 1.59 bits per heavy atom. The van der Waals surface area contributed by atoms with Crippen LogP contribution in [0.3, 0.4) is 0 Å². The minimum Gasteiger partial charge on any atom is -0.316 e. The van der Waals surface area contributed by atoms with Crippen molar-refractivity contribution in [3.63, 3.8) is 0 Å². The number of nitrogens with zero attached hydrogens (tertiary/aromatic N) is 3. The van der Waals surface area contributed by atoms with E-state index in [-0.39, 0.29) is 24.3 Å². The van der Waals surface area contributed by atoms with Gasteiger partial charge < -0.3 is 14.8 Å². The maximum Gasteiger partial charge on any atom is 0.322 e. The number of halogens is 1. The van der Waals surface area contributed by atoms with Crippen LogP contribution in [0, 0.1) is 19.7 Å². The third kappa shape index (κ3) is 5.17. The second kappa shape index (κ2) is 11.2. The number of unbranched alkanes of at least 4 members (excludes halogenated alkanes) is 1. The Labute approximate surface area is 228 Å². The van der Waals surface area contributed by atoms with E-state index in [1.165, 1.54) is 12.1 Å². The monoisotopic (exact) mass is 524 g/mol. The first-order valence-corrected chi connectivity index (χ1v) is 13.4. The highest BCUT2D eigenvalue weighted by atomic mass is 19.1. The molecular weight excluding hydrogens is 491 g/mol. The molecule has 3 amide bonds. The maximum absolute atomic E-state index is 14.2. The molecule has 1 aromatic heterocycles. The fourth-order valence-electron chi connectivity index (χ4n) is 5.26. The van der Waals surface area contributed by atoms with Crippen molar-refractivity contribution < 1.29 is 14.0 Å². The second-order valence-electron chi connectivity index (χ2n) is 9.98. The molecule has 4 aromatic rings. The number of rotatable bonds is 7. The summed E-state index contributed by atoms with van der Waals surface area (Å²) in [7, 11) is 0. The zero-order chi connectivity index (χ0) is 27.5. The molecule has 200 valence electrons. The van der Waals surface area contributed by atoms with Crippen molar-refractivity contribution >= 4 is 23.3 Å². The lowest BCUT2D eigenvalue weighted by molar-refractivity contribution is -0.119. The molecule has 0 saturated carbocycles. The number of hydrogen-bond acceptors (Lipinski definition) is 2. The van der Waals surface area contributed by atoms with Crippen molar-refractivity contribution in [2.24, 2.45) is 0 Å². The molecule has 6 nitrogen and oxygen atoms in total. The Bertz CT molecular complexity index is 1470. The van der Waals surface area contributed by atoms with Gasteiger partial charge in [0, 0.05) is 18.4 Å². The number of carbonyl (C=O) groups is 2. The molecule has 1 unspecified atom stereocenters. The fraction of sp³-hybridized carbons (Fsp3) is 0.250. The van der Waals surface area contributed by atoms with Crippen molar-refractivity contribution in [1.82, 2.24) is 9.47 Å². The van der Waals surface area contributed by atoms with Gasteiger partial charge in [0.1, 0.15) is 18.4 Å². The first-order valence-electron chi connectivity index (χ1n) is 13.4. The molecule has 0 bridgehead atoms. The first kappa shape index (κ1) is 26.2. The van der Waals surface area contributed by atoms with Gasteiger partial charge in [-0.2, -0.15) is 0 Å². The molecule has 3 aromatic carbocycles. The van der Waals surface area contributed by atoms with Crippen LogP contribution < -0.4 is 10.2 Å². The molecule has 5 rings (SSSR count). The number of aromatic nitrogens is 1. The topological polar surface area (TPSA) is 57.6 Å². The van der Waals surface area contributed by atoms with E-state index in [0.29, 0.717) is 6.54 Å². The van der Waals surface area contributed by atoms with E-state index in [9.17, 15) is 14.0 Å². The van der Waals surface area contributed by atoms with E-state index in [0.717, 1.165) is 52.3 Å². The van der Waals surface area contributed by atoms with Crippen LogP contribution in [-0.4, -0.2) is 34.5 Å².